The van der Waals surface area contributed by atoms with E-state index in [4.69, 9.17) is 10.5 Å². The molecule has 0 spiro atoms. The number of hydrogen-bond acceptors (Lipinski definition) is 3. The predicted molar refractivity (Wildman–Crippen MR) is 140 cm³/mol. The van der Waals surface area contributed by atoms with Crippen LogP contribution in [0.2, 0.25) is 0 Å². The van der Waals surface area contributed by atoms with Crippen LogP contribution in [0.3, 0.4) is 0 Å². The molecule has 1 fully saturated rings. The summed E-state index contributed by atoms with van der Waals surface area (Å²) in [6.45, 7) is 0.674. The number of benzene rings is 3. The van der Waals surface area contributed by atoms with Crippen LogP contribution in [0.4, 0.5) is 0 Å². The van der Waals surface area contributed by atoms with Gasteiger partial charge in [0.1, 0.15) is 5.75 Å². The lowest BCUT2D eigenvalue weighted by atomic mass is 9.69. The maximum Gasteiger partial charge on any atom is 0.255 e. The second kappa shape index (κ2) is 13.3. The van der Waals surface area contributed by atoms with Crippen molar-refractivity contribution in [3.63, 3.8) is 0 Å². The number of rotatable bonds is 8. The number of methoxy groups -OCH3 is 1. The molecule has 0 aliphatic heterocycles. The van der Waals surface area contributed by atoms with Gasteiger partial charge in [-0.2, -0.15) is 0 Å². The van der Waals surface area contributed by atoms with E-state index in [1.165, 1.54) is 24.8 Å². The van der Waals surface area contributed by atoms with Gasteiger partial charge in [-0.15, -0.1) is 0 Å². The Balaban J connectivity index is 0.000000261. The summed E-state index contributed by atoms with van der Waals surface area (Å²) < 4.78 is 5.31. The molecule has 0 radical (unpaired) electrons. The fourth-order valence-corrected chi connectivity index (χ4v) is 4.68. The van der Waals surface area contributed by atoms with E-state index in [2.05, 4.69) is 29.6 Å². The van der Waals surface area contributed by atoms with Crippen molar-refractivity contribution < 1.29 is 14.3 Å². The quantitative estimate of drug-likeness (QED) is 0.459. The number of nitrogens with two attached hydrogens (primary N) is 1. The van der Waals surface area contributed by atoms with E-state index >= 15 is 0 Å². The van der Waals surface area contributed by atoms with Crippen molar-refractivity contribution in [2.45, 2.75) is 50.4 Å². The summed E-state index contributed by atoms with van der Waals surface area (Å²) >= 11 is 0. The van der Waals surface area contributed by atoms with Crippen molar-refractivity contribution in [3.8, 4) is 5.75 Å². The van der Waals surface area contributed by atoms with Gasteiger partial charge in [0.05, 0.1) is 12.7 Å². The monoisotopic (exact) mass is 472 g/mol. The largest absolute Gasteiger partial charge is 0.496 e. The van der Waals surface area contributed by atoms with Crippen LogP contribution in [0.1, 0.15) is 60.0 Å². The zero-order valence-corrected chi connectivity index (χ0v) is 20.5. The highest BCUT2D eigenvalue weighted by Gasteiger charge is 2.34. The first kappa shape index (κ1) is 26.0. The first-order valence-corrected chi connectivity index (χ1v) is 12.3. The standard InChI is InChI=1S/C21H25NO2.C9H11NO/c1-24-19-13-7-6-12-18(19)20(23)22-16-21(14-8-3-9-15-21)17-10-4-2-5-11-17;10-9(11)7-6-8-4-2-1-3-5-8/h2,4-7,10-13H,3,8-9,14-16H2,1H3,(H,22,23);1-5H,6-7H2,(H2,10,11). The van der Waals surface area contributed by atoms with Crippen molar-refractivity contribution in [2.75, 3.05) is 13.7 Å². The third-order valence-corrected chi connectivity index (χ3v) is 6.64. The Morgan fingerprint density at radius 3 is 2.09 bits per heavy atom. The van der Waals surface area contributed by atoms with Crippen molar-refractivity contribution in [3.05, 3.63) is 102 Å². The van der Waals surface area contributed by atoms with Crippen molar-refractivity contribution in [1.82, 2.24) is 5.32 Å². The first-order chi connectivity index (χ1) is 17.0. The van der Waals surface area contributed by atoms with Crippen LogP contribution in [0.25, 0.3) is 0 Å². The number of hydrogen-bond donors (Lipinski definition) is 2. The Hall–Kier alpha value is -3.60. The molecule has 3 N–H and O–H groups in total. The van der Waals surface area contributed by atoms with Crippen LogP contribution in [0, 0.1) is 0 Å². The number of carbonyl (C=O) groups is 2. The molecule has 35 heavy (non-hydrogen) atoms. The first-order valence-electron chi connectivity index (χ1n) is 12.3. The average Bonchev–Trinajstić information content (AvgIpc) is 2.92. The molecular weight excluding hydrogens is 436 g/mol. The summed E-state index contributed by atoms with van der Waals surface area (Å²) in [4.78, 5) is 23.0. The summed E-state index contributed by atoms with van der Waals surface area (Å²) in [6.07, 6.45) is 7.17. The van der Waals surface area contributed by atoms with E-state index in [0.717, 1.165) is 24.8 Å². The molecule has 5 heteroatoms. The van der Waals surface area contributed by atoms with E-state index in [9.17, 15) is 9.59 Å². The molecule has 0 atom stereocenters. The zero-order valence-electron chi connectivity index (χ0n) is 20.5. The van der Waals surface area contributed by atoms with Gasteiger partial charge < -0.3 is 15.8 Å². The molecule has 0 heterocycles. The minimum atomic E-state index is -0.242. The lowest BCUT2D eigenvalue weighted by molar-refractivity contribution is -0.117. The molecule has 3 aromatic rings. The van der Waals surface area contributed by atoms with Gasteiger partial charge in [-0.3, -0.25) is 9.59 Å². The maximum absolute atomic E-state index is 12.6. The molecule has 1 saturated carbocycles. The Labute approximate surface area is 208 Å². The number of aryl methyl sites for hydroxylation is 1. The highest BCUT2D eigenvalue weighted by molar-refractivity contribution is 5.97. The second-order valence-electron chi connectivity index (χ2n) is 9.04. The van der Waals surface area contributed by atoms with E-state index < -0.39 is 0 Å². The SMILES string of the molecule is COc1ccccc1C(=O)NCC1(c2ccccc2)CCCCC1.NC(=O)CCc1ccccc1. The lowest BCUT2D eigenvalue weighted by Gasteiger charge is -2.38. The highest BCUT2D eigenvalue weighted by Crippen LogP contribution is 2.39. The van der Waals surface area contributed by atoms with E-state index in [1.807, 2.05) is 60.7 Å². The van der Waals surface area contributed by atoms with Crippen molar-refractivity contribution in [1.29, 1.82) is 0 Å². The van der Waals surface area contributed by atoms with E-state index in [0.29, 0.717) is 24.3 Å². The van der Waals surface area contributed by atoms with Gasteiger partial charge in [0.2, 0.25) is 5.91 Å². The molecular formula is C30H36N2O3. The van der Waals surface area contributed by atoms with Gasteiger partial charge in [-0.1, -0.05) is 92.1 Å². The van der Waals surface area contributed by atoms with Crippen LogP contribution in [-0.2, 0) is 16.6 Å². The van der Waals surface area contributed by atoms with E-state index in [-0.39, 0.29) is 17.2 Å². The molecule has 184 valence electrons. The van der Waals surface area contributed by atoms with Crippen molar-refractivity contribution in [2.24, 2.45) is 5.73 Å². The molecule has 4 rings (SSSR count). The minimum Gasteiger partial charge on any atom is -0.496 e. The summed E-state index contributed by atoms with van der Waals surface area (Å²) in [7, 11) is 1.60. The van der Waals surface area contributed by atoms with Gasteiger partial charge in [-0.05, 0) is 42.5 Å². The van der Waals surface area contributed by atoms with E-state index in [1.54, 1.807) is 7.11 Å². The Morgan fingerprint density at radius 1 is 0.857 bits per heavy atom. The number of ether oxygens (including phenoxy) is 1. The summed E-state index contributed by atoms with van der Waals surface area (Å²) in [6, 6.07) is 27.8. The average molecular weight is 473 g/mol. The number of carbonyl (C=O) groups excluding carboxylic acids is 2. The Bertz CT molecular complexity index is 1060. The molecule has 5 nitrogen and oxygen atoms in total. The number of para-hydroxylation sites is 1. The molecule has 0 bridgehead atoms. The van der Waals surface area contributed by atoms with Gasteiger partial charge >= 0.3 is 0 Å². The minimum absolute atomic E-state index is 0.0528. The molecule has 0 saturated heterocycles. The third-order valence-electron chi connectivity index (χ3n) is 6.64. The number of nitrogens with one attached hydrogen (secondary N) is 1. The third kappa shape index (κ3) is 7.71. The number of amides is 2. The Kier molecular flexibility index (Phi) is 9.91. The molecule has 3 aromatic carbocycles. The molecule has 0 aromatic heterocycles. The predicted octanol–water partition coefficient (Wildman–Crippen LogP) is 5.43. The van der Waals surface area contributed by atoms with Gasteiger partial charge in [0.25, 0.3) is 5.91 Å². The normalized spacial score (nSPS) is 14.2. The summed E-state index contributed by atoms with van der Waals surface area (Å²) in [5.74, 6) is 0.314. The van der Waals surface area contributed by atoms with Crippen LogP contribution in [0.5, 0.6) is 5.75 Å². The number of primary amides is 1. The Morgan fingerprint density at radius 2 is 1.46 bits per heavy atom. The smallest absolute Gasteiger partial charge is 0.255 e. The zero-order chi connectivity index (χ0) is 24.9. The molecule has 1 aliphatic rings. The van der Waals surface area contributed by atoms with Gasteiger partial charge in [0.15, 0.2) is 0 Å². The van der Waals surface area contributed by atoms with Gasteiger partial charge in [0, 0.05) is 18.4 Å². The second-order valence-corrected chi connectivity index (χ2v) is 9.04. The maximum atomic E-state index is 12.6. The molecule has 2 amide bonds. The summed E-state index contributed by atoms with van der Waals surface area (Å²) in [5.41, 5.74) is 8.15. The fraction of sp³-hybridized carbons (Fsp3) is 0.333. The lowest BCUT2D eigenvalue weighted by Crippen LogP contribution is -2.42. The molecule has 0 unspecified atom stereocenters. The van der Waals surface area contributed by atoms with Crippen LogP contribution in [-0.4, -0.2) is 25.5 Å². The molecule has 1 aliphatic carbocycles. The van der Waals surface area contributed by atoms with Crippen molar-refractivity contribution >= 4 is 11.8 Å². The fourth-order valence-electron chi connectivity index (χ4n) is 4.68. The van der Waals surface area contributed by atoms with Crippen LogP contribution < -0.4 is 15.8 Å². The van der Waals surface area contributed by atoms with Crippen LogP contribution >= 0.6 is 0 Å². The van der Waals surface area contributed by atoms with Crippen LogP contribution in [0.15, 0.2) is 84.9 Å². The highest BCUT2D eigenvalue weighted by atomic mass is 16.5. The topological polar surface area (TPSA) is 81.4 Å². The van der Waals surface area contributed by atoms with Gasteiger partial charge in [-0.25, -0.2) is 0 Å². The summed E-state index contributed by atoms with van der Waals surface area (Å²) in [5, 5.41) is 3.16.